The zero-order valence-corrected chi connectivity index (χ0v) is 28.6. The molecule has 0 radical (unpaired) electrons. The molecule has 0 N–H and O–H groups in total. The van der Waals surface area contributed by atoms with Crippen molar-refractivity contribution in [2.45, 2.75) is 17.8 Å². The van der Waals surface area contributed by atoms with Gasteiger partial charge in [-0.3, -0.25) is 9.13 Å². The summed E-state index contributed by atoms with van der Waals surface area (Å²) in [6.07, 6.45) is -0.438. The van der Waals surface area contributed by atoms with Gasteiger partial charge in [-0.2, -0.15) is 26.3 Å². The highest BCUT2D eigenvalue weighted by Crippen LogP contribution is 2.57. The van der Waals surface area contributed by atoms with Crippen molar-refractivity contribution >= 4 is 22.1 Å². The average molecular weight is 737 g/mol. The van der Waals surface area contributed by atoms with E-state index in [-0.39, 0.29) is 22.7 Å². The molecule has 0 bridgehead atoms. The molecule has 4 nitrogen and oxygen atoms in total. The minimum absolute atomic E-state index is 0.0783. The van der Waals surface area contributed by atoms with Crippen LogP contribution in [0.1, 0.15) is 22.3 Å². The first-order valence-corrected chi connectivity index (χ1v) is 16.9. The third kappa shape index (κ3) is 5.71. The van der Waals surface area contributed by atoms with Crippen LogP contribution in [0, 0.1) is 24.7 Å². The summed E-state index contributed by atoms with van der Waals surface area (Å²) in [5, 5.41) is 0. The number of hydrogen-bond donors (Lipinski definition) is 0. The summed E-state index contributed by atoms with van der Waals surface area (Å²) in [5.74, 6) is 5.67. The van der Waals surface area contributed by atoms with Crippen LogP contribution < -0.4 is 0 Å². The smallest absolute Gasteiger partial charge is 0.292 e. The van der Waals surface area contributed by atoms with Gasteiger partial charge in [-0.05, 0) is 83.9 Å². The minimum Gasteiger partial charge on any atom is -0.292 e. The van der Waals surface area contributed by atoms with E-state index >= 15 is 26.3 Å². The van der Waals surface area contributed by atoms with E-state index in [1.54, 1.807) is 118 Å². The molecule has 0 amide bonds. The van der Waals surface area contributed by atoms with Crippen LogP contribution in [-0.2, 0) is 5.41 Å². The van der Waals surface area contributed by atoms with Gasteiger partial charge in [0.15, 0.2) is 0 Å². The molecule has 0 spiro atoms. The van der Waals surface area contributed by atoms with Gasteiger partial charge in [0.05, 0.1) is 22.1 Å². The Kier molecular flexibility index (Phi) is 8.35. The summed E-state index contributed by atoms with van der Waals surface area (Å²) < 4.78 is 97.1. The molecule has 0 unspecified atom stereocenters. The molecule has 0 saturated heterocycles. The molecule has 8 rings (SSSR count). The highest BCUT2D eigenvalue weighted by molar-refractivity contribution is 5.86. The lowest BCUT2D eigenvalue weighted by Gasteiger charge is -2.38. The second-order valence-electron chi connectivity index (χ2n) is 12.8. The van der Waals surface area contributed by atoms with Crippen molar-refractivity contribution in [1.29, 1.82) is 0 Å². The van der Waals surface area contributed by atoms with E-state index in [2.05, 4.69) is 21.8 Å². The first kappa shape index (κ1) is 35.0. The standard InChI is InChI=1S/C45H26F6N4/c1-3-29-13-11-15-31(25-29)41-52-37-27-33(21-23-39(37)54(41)35-17-7-5-8-18-35)43(44(46,47)48,45(49,50)51)34-22-24-40-38(28-34)53-42(32-16-12-14-30(4-2)26-32)55(40)36-19-9-6-10-20-36/h1-2,5-28H. The molecule has 8 aromatic rings. The normalized spacial score (nSPS) is 12.1. The Bertz CT molecular complexity index is 2620. The van der Waals surface area contributed by atoms with Crippen molar-refractivity contribution in [2.75, 3.05) is 0 Å². The molecule has 0 fully saturated rings. The molecule has 0 saturated carbocycles. The topological polar surface area (TPSA) is 35.6 Å². The van der Waals surface area contributed by atoms with Gasteiger partial charge in [0, 0.05) is 33.6 Å². The number of aromatic nitrogens is 4. The zero-order valence-electron chi connectivity index (χ0n) is 28.6. The summed E-state index contributed by atoms with van der Waals surface area (Å²) in [7, 11) is 0. The SMILES string of the molecule is C#Cc1cccc(-c2nc3cc(C(c4ccc5c(c4)nc(-c4cccc(C#C)c4)n5-c4ccccc4)(C(F)(F)F)C(F)(F)F)ccc3n2-c2ccccc2)c1. The molecular formula is C45H26F6N4. The number of benzene rings is 6. The molecule has 0 aliphatic heterocycles. The number of rotatable bonds is 6. The zero-order chi connectivity index (χ0) is 38.5. The van der Waals surface area contributed by atoms with Crippen LogP contribution in [0.2, 0.25) is 0 Å². The maximum absolute atomic E-state index is 15.6. The van der Waals surface area contributed by atoms with E-state index < -0.39 is 28.9 Å². The van der Waals surface area contributed by atoms with Crippen molar-refractivity contribution in [3.8, 4) is 58.8 Å². The summed E-state index contributed by atoms with van der Waals surface area (Å²) in [6, 6.07) is 37.3. The molecule has 6 aromatic carbocycles. The lowest BCUT2D eigenvalue weighted by molar-refractivity contribution is -0.288. The average Bonchev–Trinajstić information content (AvgIpc) is 3.76. The Morgan fingerprint density at radius 1 is 0.455 bits per heavy atom. The van der Waals surface area contributed by atoms with E-state index in [1.165, 1.54) is 12.1 Å². The largest absolute Gasteiger partial charge is 0.411 e. The van der Waals surface area contributed by atoms with Crippen molar-refractivity contribution in [3.63, 3.8) is 0 Å². The number of fused-ring (bicyclic) bond motifs is 2. The maximum atomic E-state index is 15.6. The summed E-state index contributed by atoms with van der Waals surface area (Å²) in [5.41, 5.74) is -2.84. The number of terminal acetylenes is 2. The number of imidazole rings is 2. The van der Waals surface area contributed by atoms with Gasteiger partial charge in [-0.15, -0.1) is 12.8 Å². The molecular weight excluding hydrogens is 711 g/mol. The third-order valence-electron chi connectivity index (χ3n) is 9.63. The predicted octanol–water partition coefficient (Wildman–Crippen LogP) is 11.1. The second kappa shape index (κ2) is 13.1. The first-order chi connectivity index (χ1) is 26.4. The molecule has 55 heavy (non-hydrogen) atoms. The van der Waals surface area contributed by atoms with Crippen molar-refractivity contribution < 1.29 is 26.3 Å². The van der Waals surface area contributed by atoms with Crippen LogP contribution in [0.4, 0.5) is 26.3 Å². The van der Waals surface area contributed by atoms with Gasteiger partial charge in [-0.25, -0.2) is 9.97 Å². The van der Waals surface area contributed by atoms with Gasteiger partial charge in [0.2, 0.25) is 5.41 Å². The lowest BCUT2D eigenvalue weighted by Crippen LogP contribution is -2.54. The van der Waals surface area contributed by atoms with Gasteiger partial charge >= 0.3 is 12.4 Å². The van der Waals surface area contributed by atoms with Crippen molar-refractivity contribution in [3.05, 3.63) is 168 Å². The minimum atomic E-state index is -5.86. The monoisotopic (exact) mass is 736 g/mol. The van der Waals surface area contributed by atoms with Crippen LogP contribution in [0.3, 0.4) is 0 Å². The lowest BCUT2D eigenvalue weighted by atomic mass is 9.72. The van der Waals surface area contributed by atoms with Gasteiger partial charge in [0.25, 0.3) is 0 Å². The van der Waals surface area contributed by atoms with E-state index in [9.17, 15) is 0 Å². The van der Waals surface area contributed by atoms with Crippen LogP contribution in [0.5, 0.6) is 0 Å². The maximum Gasteiger partial charge on any atom is 0.411 e. The molecule has 0 aliphatic carbocycles. The highest BCUT2D eigenvalue weighted by Gasteiger charge is 2.72. The Balaban J connectivity index is 1.39. The van der Waals surface area contributed by atoms with E-state index in [4.69, 9.17) is 12.8 Å². The molecule has 2 heterocycles. The van der Waals surface area contributed by atoms with Crippen LogP contribution in [0.25, 0.3) is 56.2 Å². The number of hydrogen-bond acceptors (Lipinski definition) is 2. The van der Waals surface area contributed by atoms with Crippen LogP contribution in [-0.4, -0.2) is 31.5 Å². The first-order valence-electron chi connectivity index (χ1n) is 16.9. The number of nitrogens with zero attached hydrogens (tertiary/aromatic N) is 4. The van der Waals surface area contributed by atoms with Crippen LogP contribution >= 0.6 is 0 Å². The molecule has 2 aromatic heterocycles. The fourth-order valence-electron chi connectivity index (χ4n) is 7.17. The van der Waals surface area contributed by atoms with Gasteiger partial charge in [0.1, 0.15) is 11.6 Å². The predicted molar refractivity (Wildman–Crippen MR) is 202 cm³/mol. The summed E-state index contributed by atoms with van der Waals surface area (Å²) in [6.45, 7) is 0. The summed E-state index contributed by atoms with van der Waals surface area (Å²) >= 11 is 0. The Morgan fingerprint density at radius 3 is 1.22 bits per heavy atom. The van der Waals surface area contributed by atoms with Gasteiger partial charge < -0.3 is 0 Å². The number of alkyl halides is 6. The quantitative estimate of drug-likeness (QED) is 0.126. The number of para-hydroxylation sites is 2. The number of halogens is 6. The Morgan fingerprint density at radius 2 is 0.855 bits per heavy atom. The van der Waals surface area contributed by atoms with Crippen LogP contribution in [0.15, 0.2) is 146 Å². The molecule has 10 heteroatoms. The third-order valence-corrected chi connectivity index (χ3v) is 9.63. The Labute approximate surface area is 311 Å². The van der Waals surface area contributed by atoms with E-state index in [0.717, 1.165) is 24.3 Å². The van der Waals surface area contributed by atoms with E-state index in [1.807, 2.05) is 0 Å². The van der Waals surface area contributed by atoms with E-state index in [0.29, 0.717) is 44.7 Å². The fraction of sp³-hybridized carbons (Fsp3) is 0.0667. The molecule has 0 atom stereocenters. The molecule has 268 valence electrons. The fourth-order valence-corrected chi connectivity index (χ4v) is 7.17. The van der Waals surface area contributed by atoms with Crippen molar-refractivity contribution in [1.82, 2.24) is 19.1 Å². The van der Waals surface area contributed by atoms with Gasteiger partial charge in [-0.1, -0.05) is 84.6 Å². The second-order valence-corrected chi connectivity index (χ2v) is 12.8. The summed E-state index contributed by atoms with van der Waals surface area (Å²) in [4.78, 5) is 9.29. The molecule has 0 aliphatic rings. The van der Waals surface area contributed by atoms with Crippen molar-refractivity contribution in [2.24, 2.45) is 0 Å². The highest BCUT2D eigenvalue weighted by atomic mass is 19.4. The Hall–Kier alpha value is -7.04.